The molecule has 2 aliphatic rings. The van der Waals surface area contributed by atoms with Crippen molar-refractivity contribution in [2.24, 2.45) is 5.92 Å². The van der Waals surface area contributed by atoms with Gasteiger partial charge in [-0.3, -0.25) is 14.4 Å². The lowest BCUT2D eigenvalue weighted by molar-refractivity contribution is -0.132. The summed E-state index contributed by atoms with van der Waals surface area (Å²) in [5.41, 5.74) is 0.835. The summed E-state index contributed by atoms with van der Waals surface area (Å²) in [5, 5.41) is 2.98. The molecule has 0 spiro atoms. The third-order valence-electron chi connectivity index (χ3n) is 6.48. The van der Waals surface area contributed by atoms with Crippen molar-refractivity contribution in [1.82, 2.24) is 10.2 Å². The molecule has 4 rings (SSSR count). The van der Waals surface area contributed by atoms with Crippen LogP contribution < -0.4 is 15.0 Å². The molecule has 35 heavy (non-hydrogen) atoms. The Bertz CT molecular complexity index is 1080. The lowest BCUT2D eigenvalue weighted by atomic mass is 10.0. The molecule has 2 aromatic rings. The number of nitrogens with zero attached hydrogens (tertiary/aromatic N) is 2. The standard InChI is InChI=1S/C26H29F2N3O4/c1-2-22(21-7-3-4-8-23(21)35-16-25(33)30-9-5-6-10-30)29-26(34)17-11-24(32)31(15-17)20-13-18(27)12-19(28)14-20/h3-4,7-8,12-14,17,22H,2,5-6,9-11,15-16H2,1H3,(H,29,34). The minimum absolute atomic E-state index is 0.0342. The van der Waals surface area contributed by atoms with Gasteiger partial charge in [0, 0.05) is 43.4 Å². The number of halogens is 2. The highest BCUT2D eigenvalue weighted by Gasteiger charge is 2.36. The number of rotatable bonds is 8. The number of amides is 3. The van der Waals surface area contributed by atoms with Crippen molar-refractivity contribution in [2.75, 3.05) is 31.1 Å². The molecule has 2 heterocycles. The molecule has 2 unspecified atom stereocenters. The molecule has 9 heteroatoms. The third kappa shape index (κ3) is 5.78. The topological polar surface area (TPSA) is 79.0 Å². The zero-order chi connectivity index (χ0) is 24.9. The molecule has 1 N–H and O–H groups in total. The van der Waals surface area contributed by atoms with Crippen LogP contribution in [0.2, 0.25) is 0 Å². The van der Waals surface area contributed by atoms with E-state index < -0.39 is 23.6 Å². The first-order chi connectivity index (χ1) is 16.9. The SMILES string of the molecule is CCC(NC(=O)C1CC(=O)N(c2cc(F)cc(F)c2)C1)c1ccccc1OCC(=O)N1CCCC1. The second-order valence-corrected chi connectivity index (χ2v) is 8.92. The van der Waals surface area contributed by atoms with E-state index in [1.165, 1.54) is 4.90 Å². The number of benzene rings is 2. The number of carbonyl (C=O) groups excluding carboxylic acids is 3. The molecule has 0 saturated carbocycles. The summed E-state index contributed by atoms with van der Waals surface area (Å²) in [6.45, 7) is 3.37. The van der Waals surface area contributed by atoms with Gasteiger partial charge in [0.25, 0.3) is 5.91 Å². The number of nitrogens with one attached hydrogen (secondary N) is 1. The zero-order valence-electron chi connectivity index (χ0n) is 19.6. The van der Waals surface area contributed by atoms with Gasteiger partial charge in [-0.2, -0.15) is 0 Å². The molecule has 0 aliphatic carbocycles. The summed E-state index contributed by atoms with van der Waals surface area (Å²) in [4.78, 5) is 41.0. The van der Waals surface area contributed by atoms with Crippen LogP contribution in [-0.4, -0.2) is 48.9 Å². The number of carbonyl (C=O) groups is 3. The Hall–Kier alpha value is -3.49. The van der Waals surface area contributed by atoms with E-state index in [2.05, 4.69) is 5.32 Å². The molecule has 2 saturated heterocycles. The summed E-state index contributed by atoms with van der Waals surface area (Å²) < 4.78 is 33.1. The first-order valence-electron chi connectivity index (χ1n) is 11.9. The van der Waals surface area contributed by atoms with E-state index in [9.17, 15) is 23.2 Å². The summed E-state index contributed by atoms with van der Waals surface area (Å²) in [6, 6.07) is 9.74. The molecule has 2 aliphatic heterocycles. The number of para-hydroxylation sites is 1. The van der Waals surface area contributed by atoms with Crippen molar-refractivity contribution in [2.45, 2.75) is 38.6 Å². The van der Waals surface area contributed by atoms with Gasteiger partial charge in [-0.1, -0.05) is 25.1 Å². The highest BCUT2D eigenvalue weighted by atomic mass is 19.1. The van der Waals surface area contributed by atoms with Gasteiger partial charge in [0.15, 0.2) is 6.61 Å². The Morgan fingerprint density at radius 3 is 2.49 bits per heavy atom. The number of likely N-dealkylation sites (tertiary alicyclic amines) is 1. The smallest absolute Gasteiger partial charge is 0.260 e. The molecule has 2 atom stereocenters. The average Bonchev–Trinajstić information content (AvgIpc) is 3.51. The first-order valence-corrected chi connectivity index (χ1v) is 11.9. The van der Waals surface area contributed by atoms with Crippen LogP contribution in [0.4, 0.5) is 14.5 Å². The lowest BCUT2D eigenvalue weighted by Gasteiger charge is -2.23. The fraction of sp³-hybridized carbons (Fsp3) is 0.423. The van der Waals surface area contributed by atoms with Crippen LogP contribution in [0.3, 0.4) is 0 Å². The molecule has 2 aromatic carbocycles. The van der Waals surface area contributed by atoms with Crippen molar-refractivity contribution in [3.05, 3.63) is 59.7 Å². The predicted octanol–water partition coefficient (Wildman–Crippen LogP) is 3.59. The highest BCUT2D eigenvalue weighted by molar-refractivity contribution is 6.00. The summed E-state index contributed by atoms with van der Waals surface area (Å²) in [5.74, 6) is -2.47. The van der Waals surface area contributed by atoms with Crippen LogP contribution in [0, 0.1) is 17.6 Å². The molecule has 186 valence electrons. The minimum atomic E-state index is -0.786. The Labute approximate surface area is 203 Å². The van der Waals surface area contributed by atoms with Gasteiger partial charge >= 0.3 is 0 Å². The number of anilines is 1. The fourth-order valence-corrected chi connectivity index (χ4v) is 4.61. The summed E-state index contributed by atoms with van der Waals surface area (Å²) in [6.07, 6.45) is 2.51. The van der Waals surface area contributed by atoms with Gasteiger partial charge in [0.1, 0.15) is 17.4 Å². The van der Waals surface area contributed by atoms with Gasteiger partial charge in [-0.05, 0) is 37.5 Å². The van der Waals surface area contributed by atoms with Crippen LogP contribution in [0.1, 0.15) is 44.2 Å². The number of hydrogen-bond acceptors (Lipinski definition) is 4. The summed E-state index contributed by atoms with van der Waals surface area (Å²) in [7, 11) is 0. The average molecular weight is 486 g/mol. The molecule has 0 radical (unpaired) electrons. The van der Waals surface area contributed by atoms with E-state index in [1.807, 2.05) is 19.1 Å². The number of hydrogen-bond donors (Lipinski definition) is 1. The van der Waals surface area contributed by atoms with Crippen LogP contribution >= 0.6 is 0 Å². The molecular formula is C26H29F2N3O4. The fourth-order valence-electron chi connectivity index (χ4n) is 4.61. The Morgan fingerprint density at radius 2 is 1.80 bits per heavy atom. The molecule has 7 nitrogen and oxygen atoms in total. The van der Waals surface area contributed by atoms with Gasteiger partial charge in [0.05, 0.1) is 12.0 Å². The second-order valence-electron chi connectivity index (χ2n) is 8.92. The van der Waals surface area contributed by atoms with E-state index in [0.717, 1.165) is 49.7 Å². The van der Waals surface area contributed by atoms with E-state index >= 15 is 0 Å². The molecule has 0 bridgehead atoms. The second kappa shape index (κ2) is 10.8. The highest BCUT2D eigenvalue weighted by Crippen LogP contribution is 2.30. The zero-order valence-corrected chi connectivity index (χ0v) is 19.6. The van der Waals surface area contributed by atoms with E-state index in [1.54, 1.807) is 17.0 Å². The third-order valence-corrected chi connectivity index (χ3v) is 6.48. The maximum Gasteiger partial charge on any atom is 0.260 e. The maximum absolute atomic E-state index is 13.6. The Kier molecular flexibility index (Phi) is 7.63. The van der Waals surface area contributed by atoms with Gasteiger partial charge in [0.2, 0.25) is 11.8 Å². The van der Waals surface area contributed by atoms with Crippen molar-refractivity contribution < 1.29 is 27.9 Å². The predicted molar refractivity (Wildman–Crippen MR) is 126 cm³/mol. The van der Waals surface area contributed by atoms with E-state index in [0.29, 0.717) is 12.2 Å². The van der Waals surface area contributed by atoms with Crippen molar-refractivity contribution in [1.29, 1.82) is 0 Å². The number of ether oxygens (including phenoxy) is 1. The van der Waals surface area contributed by atoms with Crippen LogP contribution in [-0.2, 0) is 14.4 Å². The normalized spacial score (nSPS) is 18.6. The molecular weight excluding hydrogens is 456 g/mol. The molecule has 2 fully saturated rings. The Balaban J connectivity index is 1.41. The molecule has 0 aromatic heterocycles. The van der Waals surface area contributed by atoms with Crippen molar-refractivity contribution in [3.8, 4) is 5.75 Å². The lowest BCUT2D eigenvalue weighted by Crippen LogP contribution is -2.36. The van der Waals surface area contributed by atoms with Crippen molar-refractivity contribution >= 4 is 23.4 Å². The first kappa shape index (κ1) is 24.6. The minimum Gasteiger partial charge on any atom is -0.483 e. The maximum atomic E-state index is 13.6. The largest absolute Gasteiger partial charge is 0.483 e. The monoisotopic (exact) mass is 485 g/mol. The van der Waals surface area contributed by atoms with E-state index in [-0.39, 0.29) is 43.0 Å². The van der Waals surface area contributed by atoms with Gasteiger partial charge in [-0.15, -0.1) is 0 Å². The van der Waals surface area contributed by atoms with Gasteiger partial charge in [-0.25, -0.2) is 8.78 Å². The van der Waals surface area contributed by atoms with Crippen LogP contribution in [0.25, 0.3) is 0 Å². The van der Waals surface area contributed by atoms with Crippen LogP contribution in [0.5, 0.6) is 5.75 Å². The van der Waals surface area contributed by atoms with Crippen molar-refractivity contribution in [3.63, 3.8) is 0 Å². The quantitative estimate of drug-likeness (QED) is 0.620. The van der Waals surface area contributed by atoms with Gasteiger partial charge < -0.3 is 19.9 Å². The van der Waals surface area contributed by atoms with Crippen LogP contribution in [0.15, 0.2) is 42.5 Å². The summed E-state index contributed by atoms with van der Waals surface area (Å²) >= 11 is 0. The van der Waals surface area contributed by atoms with E-state index in [4.69, 9.17) is 4.74 Å². The molecule has 3 amide bonds. The Morgan fingerprint density at radius 1 is 1.11 bits per heavy atom.